The molecule has 0 saturated heterocycles. The number of carboxylic acid groups (broad SMARTS) is 1. The van der Waals surface area contributed by atoms with Crippen molar-refractivity contribution < 1.29 is 19.5 Å². The number of aliphatic carboxylic acids is 1. The molecule has 2 amide bonds. The van der Waals surface area contributed by atoms with Crippen molar-refractivity contribution in [3.05, 3.63) is 16.5 Å². The van der Waals surface area contributed by atoms with Crippen molar-refractivity contribution in [3.63, 3.8) is 0 Å². The van der Waals surface area contributed by atoms with E-state index in [9.17, 15) is 14.4 Å². The maximum absolute atomic E-state index is 12.2. The third kappa shape index (κ3) is 5.14. The molecule has 0 bridgehead atoms. The van der Waals surface area contributed by atoms with Gasteiger partial charge in [-0.2, -0.15) is 0 Å². The van der Waals surface area contributed by atoms with Gasteiger partial charge in [0.15, 0.2) is 0 Å². The smallest absolute Gasteiger partial charge is 0.326 e. The van der Waals surface area contributed by atoms with Gasteiger partial charge in [0.1, 0.15) is 11.0 Å². The second-order valence-corrected chi connectivity index (χ2v) is 6.28. The van der Waals surface area contributed by atoms with Crippen LogP contribution in [-0.2, 0) is 9.59 Å². The highest BCUT2D eigenvalue weighted by Crippen LogP contribution is 2.28. The lowest BCUT2D eigenvalue weighted by atomic mass is 10.2. The van der Waals surface area contributed by atoms with Gasteiger partial charge >= 0.3 is 5.97 Å². The lowest BCUT2D eigenvalue weighted by Crippen LogP contribution is -2.40. The molecule has 0 spiro atoms. The van der Waals surface area contributed by atoms with Gasteiger partial charge in [-0.25, -0.2) is 4.79 Å². The third-order valence-electron chi connectivity index (χ3n) is 3.12. The van der Waals surface area contributed by atoms with Crippen LogP contribution < -0.4 is 10.6 Å². The van der Waals surface area contributed by atoms with Gasteiger partial charge in [0.25, 0.3) is 5.91 Å². The molecule has 6 nitrogen and oxygen atoms in total. The Morgan fingerprint density at radius 3 is 2.55 bits per heavy atom. The lowest BCUT2D eigenvalue weighted by Gasteiger charge is -2.12. The standard InChI is InChI=1S/C15H22N2O4S/c1-4-6-7-12(18)17-14-10(8-9(3)22-14)13(19)16-11(5-2)15(20)21/h8,11H,4-7H2,1-3H3,(H,16,19)(H,17,18)(H,20,21). The van der Waals surface area contributed by atoms with Crippen molar-refractivity contribution in [1.29, 1.82) is 0 Å². The Hall–Kier alpha value is -1.89. The normalized spacial score (nSPS) is 11.8. The molecule has 0 radical (unpaired) electrons. The molecular formula is C15H22N2O4S. The van der Waals surface area contributed by atoms with E-state index in [-0.39, 0.29) is 5.91 Å². The maximum atomic E-state index is 12.2. The summed E-state index contributed by atoms with van der Waals surface area (Å²) in [6.07, 6.45) is 2.40. The fourth-order valence-electron chi connectivity index (χ4n) is 1.88. The quantitative estimate of drug-likeness (QED) is 0.684. The highest BCUT2D eigenvalue weighted by molar-refractivity contribution is 7.16. The molecule has 1 heterocycles. The van der Waals surface area contributed by atoms with Crippen LogP contribution in [0.3, 0.4) is 0 Å². The van der Waals surface area contributed by atoms with E-state index >= 15 is 0 Å². The summed E-state index contributed by atoms with van der Waals surface area (Å²) in [5.74, 6) is -1.69. The molecule has 22 heavy (non-hydrogen) atoms. The zero-order chi connectivity index (χ0) is 16.7. The van der Waals surface area contributed by atoms with Crippen LogP contribution in [0, 0.1) is 6.92 Å². The van der Waals surface area contributed by atoms with Crippen molar-refractivity contribution in [1.82, 2.24) is 5.32 Å². The van der Waals surface area contributed by atoms with E-state index in [1.54, 1.807) is 13.0 Å². The van der Waals surface area contributed by atoms with Crippen molar-refractivity contribution in [2.75, 3.05) is 5.32 Å². The minimum atomic E-state index is -1.07. The van der Waals surface area contributed by atoms with Gasteiger partial charge in [-0.3, -0.25) is 9.59 Å². The molecule has 0 aromatic carbocycles. The molecule has 1 aromatic rings. The van der Waals surface area contributed by atoms with Crippen LogP contribution in [-0.4, -0.2) is 28.9 Å². The van der Waals surface area contributed by atoms with Gasteiger partial charge in [0.2, 0.25) is 5.91 Å². The molecule has 0 aliphatic rings. The van der Waals surface area contributed by atoms with Crippen molar-refractivity contribution in [2.24, 2.45) is 0 Å². The second kappa shape index (κ2) is 8.53. The van der Waals surface area contributed by atoms with Crippen LogP contribution in [0.1, 0.15) is 54.8 Å². The summed E-state index contributed by atoms with van der Waals surface area (Å²) in [6.45, 7) is 5.52. The topological polar surface area (TPSA) is 95.5 Å². The Morgan fingerprint density at radius 1 is 1.32 bits per heavy atom. The molecular weight excluding hydrogens is 304 g/mol. The van der Waals surface area contributed by atoms with Gasteiger partial charge in [-0.05, 0) is 25.8 Å². The zero-order valence-electron chi connectivity index (χ0n) is 13.1. The van der Waals surface area contributed by atoms with Gasteiger partial charge in [0, 0.05) is 11.3 Å². The Morgan fingerprint density at radius 2 is 2.00 bits per heavy atom. The molecule has 0 aliphatic heterocycles. The Labute approximate surface area is 133 Å². The average Bonchev–Trinajstić information content (AvgIpc) is 2.82. The molecule has 0 fully saturated rings. The Kier molecular flexibility index (Phi) is 7.04. The summed E-state index contributed by atoms with van der Waals surface area (Å²) in [6, 6.07) is 0.723. The molecule has 3 N–H and O–H groups in total. The first-order chi connectivity index (χ1) is 10.4. The minimum absolute atomic E-state index is 0.136. The average molecular weight is 326 g/mol. The molecule has 0 saturated carbocycles. The summed E-state index contributed by atoms with van der Waals surface area (Å²) in [7, 11) is 0. The lowest BCUT2D eigenvalue weighted by molar-refractivity contribution is -0.139. The van der Waals surface area contributed by atoms with E-state index in [2.05, 4.69) is 10.6 Å². The van der Waals surface area contributed by atoms with Crippen LogP contribution in [0.5, 0.6) is 0 Å². The van der Waals surface area contributed by atoms with Crippen LogP contribution >= 0.6 is 11.3 Å². The number of carboxylic acids is 1. The zero-order valence-corrected chi connectivity index (χ0v) is 13.9. The number of hydrogen-bond donors (Lipinski definition) is 3. The molecule has 0 aliphatic carbocycles. The number of unbranched alkanes of at least 4 members (excludes halogenated alkanes) is 1. The number of hydrogen-bond acceptors (Lipinski definition) is 4. The van der Waals surface area contributed by atoms with Gasteiger partial charge in [-0.1, -0.05) is 20.3 Å². The molecule has 1 unspecified atom stereocenters. The minimum Gasteiger partial charge on any atom is -0.480 e. The number of nitrogens with one attached hydrogen (secondary N) is 2. The Balaban J connectivity index is 2.84. The summed E-state index contributed by atoms with van der Waals surface area (Å²) in [5.41, 5.74) is 0.312. The summed E-state index contributed by atoms with van der Waals surface area (Å²) < 4.78 is 0. The third-order valence-corrected chi connectivity index (χ3v) is 4.09. The van der Waals surface area contributed by atoms with Gasteiger partial charge < -0.3 is 15.7 Å². The van der Waals surface area contributed by atoms with Crippen LogP contribution in [0.2, 0.25) is 0 Å². The van der Waals surface area contributed by atoms with Crippen molar-refractivity contribution in [3.8, 4) is 0 Å². The monoisotopic (exact) mass is 326 g/mol. The fourth-order valence-corrected chi connectivity index (χ4v) is 2.80. The highest BCUT2D eigenvalue weighted by atomic mass is 32.1. The molecule has 7 heteroatoms. The maximum Gasteiger partial charge on any atom is 0.326 e. The van der Waals surface area contributed by atoms with Gasteiger partial charge in [-0.15, -0.1) is 11.3 Å². The van der Waals surface area contributed by atoms with E-state index in [0.29, 0.717) is 23.4 Å². The number of carbonyl (C=O) groups is 3. The number of rotatable bonds is 8. The number of anilines is 1. The van der Waals surface area contributed by atoms with E-state index in [4.69, 9.17) is 5.11 Å². The first-order valence-corrected chi connectivity index (χ1v) is 8.14. The second-order valence-electron chi connectivity index (χ2n) is 5.02. The van der Waals surface area contributed by atoms with E-state index in [1.807, 2.05) is 13.8 Å². The number of aryl methyl sites for hydroxylation is 1. The van der Waals surface area contributed by atoms with Crippen LogP contribution in [0.25, 0.3) is 0 Å². The van der Waals surface area contributed by atoms with E-state index in [0.717, 1.165) is 17.7 Å². The largest absolute Gasteiger partial charge is 0.480 e. The number of amides is 2. The van der Waals surface area contributed by atoms with Crippen molar-refractivity contribution >= 4 is 34.1 Å². The molecule has 1 aromatic heterocycles. The van der Waals surface area contributed by atoms with Gasteiger partial charge in [0.05, 0.1) is 5.56 Å². The molecule has 122 valence electrons. The summed E-state index contributed by atoms with van der Waals surface area (Å²) in [4.78, 5) is 35.9. The number of carbonyl (C=O) groups excluding carboxylic acids is 2. The first-order valence-electron chi connectivity index (χ1n) is 7.32. The fraction of sp³-hybridized carbons (Fsp3) is 0.533. The van der Waals surface area contributed by atoms with Crippen molar-refractivity contribution in [2.45, 2.75) is 52.5 Å². The van der Waals surface area contributed by atoms with E-state index < -0.39 is 17.9 Å². The van der Waals surface area contributed by atoms with Crippen LogP contribution in [0.4, 0.5) is 5.00 Å². The van der Waals surface area contributed by atoms with E-state index in [1.165, 1.54) is 11.3 Å². The van der Waals surface area contributed by atoms with Crippen LogP contribution in [0.15, 0.2) is 6.07 Å². The SMILES string of the molecule is CCCCC(=O)Nc1sc(C)cc1C(=O)NC(CC)C(=O)O. The molecule has 1 rings (SSSR count). The predicted octanol–water partition coefficient (Wildman–Crippen LogP) is 2.78. The summed E-state index contributed by atoms with van der Waals surface area (Å²) in [5, 5.41) is 14.7. The first kappa shape index (κ1) is 18.2. The molecule has 1 atom stereocenters. The highest BCUT2D eigenvalue weighted by Gasteiger charge is 2.22. The Bertz CT molecular complexity index is 554. The predicted molar refractivity (Wildman–Crippen MR) is 86.4 cm³/mol. The summed E-state index contributed by atoms with van der Waals surface area (Å²) >= 11 is 1.31. The number of thiophene rings is 1.